The summed E-state index contributed by atoms with van der Waals surface area (Å²) in [7, 11) is 0. The average molecular weight is 412 g/mol. The van der Waals surface area contributed by atoms with Gasteiger partial charge < -0.3 is 4.42 Å². The number of oxazole rings is 1. The lowest BCUT2D eigenvalue weighted by Gasteiger charge is -2.21. The van der Waals surface area contributed by atoms with Crippen molar-refractivity contribution in [3.05, 3.63) is 59.2 Å². The number of carbonyl (C=O) groups excluding carboxylic acids is 1. The van der Waals surface area contributed by atoms with Gasteiger partial charge in [0.25, 0.3) is 0 Å². The smallest absolute Gasteiger partial charge is 0.189 e. The van der Waals surface area contributed by atoms with Gasteiger partial charge in [-0.05, 0) is 55.9 Å². The van der Waals surface area contributed by atoms with Crippen molar-refractivity contribution < 1.29 is 9.21 Å². The Kier molecular flexibility index (Phi) is 3.99. The van der Waals surface area contributed by atoms with Gasteiger partial charge in [-0.3, -0.25) is 15.0 Å². The molecule has 0 radical (unpaired) electrons. The zero-order valence-corrected chi connectivity index (χ0v) is 17.0. The first-order chi connectivity index (χ1) is 15.2. The summed E-state index contributed by atoms with van der Waals surface area (Å²) in [6.07, 6.45) is 8.99. The second kappa shape index (κ2) is 6.87. The van der Waals surface area contributed by atoms with Crippen LogP contribution in [-0.2, 0) is 19.3 Å². The van der Waals surface area contributed by atoms with Crippen LogP contribution in [0.2, 0.25) is 0 Å². The molecular formula is C23H20N6O2. The first-order valence-corrected chi connectivity index (χ1v) is 10.4. The molecule has 0 atom stereocenters. The molecule has 0 fully saturated rings. The maximum atomic E-state index is 13.1. The van der Waals surface area contributed by atoms with Gasteiger partial charge in [0.2, 0.25) is 0 Å². The molecule has 8 heteroatoms. The van der Waals surface area contributed by atoms with Crippen molar-refractivity contribution in [1.82, 2.24) is 30.4 Å². The second-order valence-corrected chi connectivity index (χ2v) is 8.07. The average Bonchev–Trinajstić information content (AvgIpc) is 3.53. The predicted octanol–water partition coefficient (Wildman–Crippen LogP) is 4.10. The molecular weight excluding hydrogens is 392 g/mol. The first-order valence-electron chi connectivity index (χ1n) is 10.4. The molecule has 154 valence electrons. The summed E-state index contributed by atoms with van der Waals surface area (Å²) >= 11 is 0. The lowest BCUT2D eigenvalue weighted by molar-refractivity contribution is 0.0988. The topological polar surface area (TPSA) is 113 Å². The highest BCUT2D eigenvalue weighted by molar-refractivity contribution is 6.17. The number of ketones is 1. The third-order valence-electron chi connectivity index (χ3n) is 6.17. The highest BCUT2D eigenvalue weighted by atomic mass is 16.3. The molecule has 0 bridgehead atoms. The Morgan fingerprint density at radius 1 is 1.13 bits per heavy atom. The summed E-state index contributed by atoms with van der Waals surface area (Å²) < 4.78 is 5.01. The minimum atomic E-state index is -0.0908. The van der Waals surface area contributed by atoms with Gasteiger partial charge >= 0.3 is 0 Å². The summed E-state index contributed by atoms with van der Waals surface area (Å²) in [5, 5.41) is 16.5. The summed E-state index contributed by atoms with van der Waals surface area (Å²) in [5.74, 6) is -0.0908. The molecule has 1 aliphatic rings. The van der Waals surface area contributed by atoms with Gasteiger partial charge in [0.1, 0.15) is 12.0 Å². The van der Waals surface area contributed by atoms with Gasteiger partial charge in [-0.15, -0.1) is 0 Å². The maximum absolute atomic E-state index is 13.1. The second-order valence-electron chi connectivity index (χ2n) is 8.07. The number of H-pyrrole nitrogens is 2. The van der Waals surface area contributed by atoms with E-state index in [1.807, 2.05) is 25.3 Å². The van der Waals surface area contributed by atoms with Gasteiger partial charge in [0.05, 0.1) is 35.0 Å². The van der Waals surface area contributed by atoms with Crippen molar-refractivity contribution in [1.29, 1.82) is 0 Å². The van der Waals surface area contributed by atoms with E-state index in [1.165, 1.54) is 23.8 Å². The van der Waals surface area contributed by atoms with E-state index in [9.17, 15) is 4.79 Å². The number of aromatic nitrogens is 6. The van der Waals surface area contributed by atoms with E-state index in [2.05, 4.69) is 25.4 Å². The molecule has 0 amide bonds. The molecule has 2 N–H and O–H groups in total. The standard InChI is InChI=1S/C23H20N6O2/c1-12-16(9-25-27-12)22-15-5-3-2-4-14(15)20-17(26-22)6-7-18-21(20)23(29-28-18)19(30)8-13-10-31-11-24-13/h6-7,9-11H,2-5,8H2,1H3,(H,25,27)(H,28,29). The van der Waals surface area contributed by atoms with Crippen LogP contribution in [0.5, 0.6) is 0 Å². The first kappa shape index (κ1) is 18.0. The monoisotopic (exact) mass is 412 g/mol. The van der Waals surface area contributed by atoms with Crippen LogP contribution < -0.4 is 0 Å². The molecule has 5 aromatic rings. The molecule has 0 unspecified atom stereocenters. The van der Waals surface area contributed by atoms with E-state index in [1.54, 1.807) is 0 Å². The summed E-state index contributed by atoms with van der Waals surface area (Å²) in [6, 6.07) is 3.96. The fourth-order valence-electron chi connectivity index (χ4n) is 4.72. The van der Waals surface area contributed by atoms with E-state index < -0.39 is 0 Å². The van der Waals surface area contributed by atoms with E-state index in [0.29, 0.717) is 11.4 Å². The molecule has 0 aliphatic heterocycles. The van der Waals surface area contributed by atoms with E-state index in [0.717, 1.165) is 64.4 Å². The highest BCUT2D eigenvalue weighted by Crippen LogP contribution is 2.39. The molecule has 0 saturated carbocycles. The Balaban J connectivity index is 1.62. The number of aryl methyl sites for hydroxylation is 2. The SMILES string of the molecule is Cc1[nH]ncc1-c1nc2ccc3[nH]nc(C(=O)Cc4cocn4)c3c2c2c1CCCC2. The van der Waals surface area contributed by atoms with Crippen molar-refractivity contribution in [3.63, 3.8) is 0 Å². The minimum absolute atomic E-state index is 0.0908. The Bertz CT molecular complexity index is 1440. The normalized spacial score (nSPS) is 13.7. The number of nitrogens with zero attached hydrogens (tertiary/aromatic N) is 4. The lowest BCUT2D eigenvalue weighted by atomic mass is 9.85. The molecule has 4 aromatic heterocycles. The van der Waals surface area contributed by atoms with Gasteiger partial charge in [-0.1, -0.05) is 0 Å². The number of carbonyl (C=O) groups is 1. The van der Waals surface area contributed by atoms with Crippen LogP contribution in [0.1, 0.15) is 45.8 Å². The van der Waals surface area contributed by atoms with Crippen LogP contribution >= 0.6 is 0 Å². The summed E-state index contributed by atoms with van der Waals surface area (Å²) in [5.41, 5.74) is 8.32. The third-order valence-corrected chi connectivity index (χ3v) is 6.17. The Morgan fingerprint density at radius 2 is 2.00 bits per heavy atom. The highest BCUT2D eigenvalue weighted by Gasteiger charge is 2.25. The number of aromatic amines is 2. The van der Waals surface area contributed by atoms with Gasteiger partial charge in [0.15, 0.2) is 12.2 Å². The maximum Gasteiger partial charge on any atom is 0.189 e. The van der Waals surface area contributed by atoms with Gasteiger partial charge in [-0.2, -0.15) is 10.2 Å². The minimum Gasteiger partial charge on any atom is -0.451 e. The molecule has 31 heavy (non-hydrogen) atoms. The van der Waals surface area contributed by atoms with Gasteiger partial charge in [0, 0.05) is 22.0 Å². The molecule has 0 spiro atoms. The summed E-state index contributed by atoms with van der Waals surface area (Å²) in [4.78, 5) is 22.2. The fourth-order valence-corrected chi connectivity index (χ4v) is 4.72. The quantitative estimate of drug-likeness (QED) is 0.430. The number of rotatable bonds is 4. The zero-order valence-electron chi connectivity index (χ0n) is 17.0. The van der Waals surface area contributed by atoms with E-state index in [4.69, 9.17) is 9.40 Å². The van der Waals surface area contributed by atoms with Crippen LogP contribution in [0, 0.1) is 6.92 Å². The number of nitrogens with one attached hydrogen (secondary N) is 2. The number of benzene rings is 1. The van der Waals surface area contributed by atoms with E-state index >= 15 is 0 Å². The number of Topliss-reactive ketones (excluding diaryl/α,β-unsaturated/α-hetero) is 1. The van der Waals surface area contributed by atoms with Crippen molar-refractivity contribution in [2.45, 2.75) is 39.0 Å². The molecule has 4 heterocycles. The Morgan fingerprint density at radius 3 is 2.77 bits per heavy atom. The van der Waals surface area contributed by atoms with Crippen LogP contribution in [0.3, 0.4) is 0 Å². The molecule has 8 nitrogen and oxygen atoms in total. The zero-order chi connectivity index (χ0) is 20.9. The largest absolute Gasteiger partial charge is 0.451 e. The van der Waals surface area contributed by atoms with Crippen molar-refractivity contribution in [3.8, 4) is 11.3 Å². The fraction of sp³-hybridized carbons (Fsp3) is 0.261. The number of hydrogen-bond acceptors (Lipinski definition) is 6. The Hall–Kier alpha value is -3.81. The van der Waals surface area contributed by atoms with Crippen molar-refractivity contribution >= 4 is 27.6 Å². The number of hydrogen-bond donors (Lipinski definition) is 2. The predicted molar refractivity (Wildman–Crippen MR) is 115 cm³/mol. The van der Waals surface area contributed by atoms with Gasteiger partial charge in [-0.25, -0.2) is 9.97 Å². The molecule has 1 aromatic carbocycles. The van der Waals surface area contributed by atoms with Crippen LogP contribution in [0.25, 0.3) is 33.1 Å². The molecule has 6 rings (SSSR count). The number of pyridine rings is 1. The van der Waals surface area contributed by atoms with E-state index in [-0.39, 0.29) is 12.2 Å². The van der Waals surface area contributed by atoms with Crippen LogP contribution in [0.4, 0.5) is 0 Å². The molecule has 0 saturated heterocycles. The Labute approximate surface area is 177 Å². The van der Waals surface area contributed by atoms with Crippen LogP contribution in [0.15, 0.2) is 35.4 Å². The van der Waals surface area contributed by atoms with Crippen LogP contribution in [-0.4, -0.2) is 36.1 Å². The lowest BCUT2D eigenvalue weighted by Crippen LogP contribution is -2.09. The van der Waals surface area contributed by atoms with Crippen molar-refractivity contribution in [2.24, 2.45) is 0 Å². The number of fused-ring (bicyclic) bond motifs is 5. The molecule has 1 aliphatic carbocycles. The third kappa shape index (κ3) is 2.78. The summed E-state index contributed by atoms with van der Waals surface area (Å²) in [6.45, 7) is 2.02. The van der Waals surface area contributed by atoms with Crippen molar-refractivity contribution in [2.75, 3.05) is 0 Å².